The van der Waals surface area contributed by atoms with Crippen molar-refractivity contribution in [3.63, 3.8) is 0 Å². The highest BCUT2D eigenvalue weighted by molar-refractivity contribution is 5.73. The number of hydrogen-bond acceptors (Lipinski definition) is 6. The average molecular weight is 309 g/mol. The van der Waals surface area contributed by atoms with Crippen LogP contribution in [0.3, 0.4) is 0 Å². The van der Waals surface area contributed by atoms with E-state index in [1.54, 1.807) is 0 Å². The molecule has 0 aliphatic heterocycles. The molecule has 0 aliphatic rings. The van der Waals surface area contributed by atoms with Crippen molar-refractivity contribution in [3.05, 3.63) is 28.1 Å². The van der Waals surface area contributed by atoms with Gasteiger partial charge in [-0.2, -0.15) is 13.2 Å². The number of ether oxygens (including phenoxy) is 1. The van der Waals surface area contributed by atoms with Gasteiger partial charge in [0.25, 0.3) is 0 Å². The molecule has 0 radical (unpaired) electrons. The highest BCUT2D eigenvalue weighted by Gasteiger charge is 2.34. The van der Waals surface area contributed by atoms with Gasteiger partial charge in [0.05, 0.1) is 11.5 Å². The van der Waals surface area contributed by atoms with E-state index in [2.05, 4.69) is 15.0 Å². The summed E-state index contributed by atoms with van der Waals surface area (Å²) < 4.78 is 42.1. The summed E-state index contributed by atoms with van der Waals surface area (Å²) in [6.07, 6.45) is -5.70. The highest BCUT2D eigenvalue weighted by atomic mass is 19.4. The molecular formula is C10H10F3N3O5. The van der Waals surface area contributed by atoms with Crippen molar-refractivity contribution in [1.29, 1.82) is 0 Å². The van der Waals surface area contributed by atoms with Gasteiger partial charge in [0.15, 0.2) is 6.10 Å². The summed E-state index contributed by atoms with van der Waals surface area (Å²) >= 11 is 0. The van der Waals surface area contributed by atoms with E-state index in [0.717, 1.165) is 7.11 Å². The number of hydrogen-bond donors (Lipinski definition) is 2. The summed E-state index contributed by atoms with van der Waals surface area (Å²) in [7, 11) is 1.09. The van der Waals surface area contributed by atoms with Crippen LogP contribution >= 0.6 is 0 Å². The molecule has 1 unspecified atom stereocenters. The predicted octanol–water partition coefficient (Wildman–Crippen LogP) is 1.52. The Morgan fingerprint density at radius 3 is 2.67 bits per heavy atom. The molecule has 1 aromatic heterocycles. The van der Waals surface area contributed by atoms with Gasteiger partial charge < -0.3 is 15.2 Å². The number of carboxylic acid groups (broad SMARTS) is 1. The third-order valence-electron chi connectivity index (χ3n) is 2.41. The van der Waals surface area contributed by atoms with E-state index in [-0.39, 0.29) is 0 Å². The molecule has 116 valence electrons. The number of aromatic nitrogens is 1. The monoisotopic (exact) mass is 309 g/mol. The quantitative estimate of drug-likeness (QED) is 0.604. The number of nitrogens with one attached hydrogen (secondary N) is 1. The van der Waals surface area contributed by atoms with Crippen molar-refractivity contribution in [3.8, 4) is 0 Å². The molecule has 8 nitrogen and oxygen atoms in total. The van der Waals surface area contributed by atoms with Crippen LogP contribution in [-0.2, 0) is 15.7 Å². The van der Waals surface area contributed by atoms with Crippen molar-refractivity contribution in [1.82, 2.24) is 4.98 Å². The van der Waals surface area contributed by atoms with Crippen LogP contribution in [0.2, 0.25) is 0 Å². The molecule has 1 aromatic rings. The summed E-state index contributed by atoms with van der Waals surface area (Å²) in [5.74, 6) is -1.36. The first-order chi connectivity index (χ1) is 9.66. The number of rotatable bonds is 6. The Hall–Kier alpha value is -2.43. The van der Waals surface area contributed by atoms with Crippen molar-refractivity contribution in [2.24, 2.45) is 0 Å². The lowest BCUT2D eigenvalue weighted by Gasteiger charge is -2.13. The molecule has 0 bridgehead atoms. The molecule has 0 aliphatic carbocycles. The summed E-state index contributed by atoms with van der Waals surface area (Å²) in [5.41, 5.74) is -2.53. The first-order valence-electron chi connectivity index (χ1n) is 5.38. The van der Waals surface area contributed by atoms with Gasteiger partial charge >= 0.3 is 17.8 Å². The number of methoxy groups -OCH3 is 1. The zero-order valence-corrected chi connectivity index (χ0v) is 10.5. The lowest BCUT2D eigenvalue weighted by Crippen LogP contribution is -2.30. The van der Waals surface area contributed by atoms with Crippen LogP contribution in [0.1, 0.15) is 5.69 Å². The largest absolute Gasteiger partial charge is 0.479 e. The number of alkyl halides is 3. The van der Waals surface area contributed by atoms with E-state index in [0.29, 0.717) is 12.3 Å². The van der Waals surface area contributed by atoms with Gasteiger partial charge in [-0.05, 0) is 6.07 Å². The summed E-state index contributed by atoms with van der Waals surface area (Å²) in [5, 5.41) is 21.7. The number of nitro groups is 1. The van der Waals surface area contributed by atoms with Crippen LogP contribution in [0, 0.1) is 10.1 Å². The molecule has 0 aromatic carbocycles. The maximum Gasteiger partial charge on any atom is 0.433 e. The molecule has 0 fully saturated rings. The molecule has 2 N–H and O–H groups in total. The molecule has 11 heteroatoms. The SMILES string of the molecule is COC(CNc1cc(C(F)(F)F)ncc1[N+](=O)[O-])C(=O)O. The van der Waals surface area contributed by atoms with Crippen molar-refractivity contribution in [2.75, 3.05) is 19.0 Å². The second-order valence-corrected chi connectivity index (χ2v) is 3.79. The predicted molar refractivity (Wildman–Crippen MR) is 62.8 cm³/mol. The number of carbonyl (C=O) groups is 1. The molecule has 21 heavy (non-hydrogen) atoms. The number of halogens is 3. The second kappa shape index (κ2) is 6.35. The molecule has 1 rings (SSSR count). The van der Waals surface area contributed by atoms with Gasteiger partial charge in [0.1, 0.15) is 17.6 Å². The van der Waals surface area contributed by atoms with E-state index in [1.165, 1.54) is 0 Å². The van der Waals surface area contributed by atoms with Crippen molar-refractivity contribution >= 4 is 17.3 Å². The smallest absolute Gasteiger partial charge is 0.433 e. The number of aliphatic carboxylic acids is 1. The zero-order chi connectivity index (χ0) is 16.2. The lowest BCUT2D eigenvalue weighted by molar-refractivity contribution is -0.384. The van der Waals surface area contributed by atoms with Gasteiger partial charge in [0.2, 0.25) is 0 Å². The average Bonchev–Trinajstić information content (AvgIpc) is 2.37. The lowest BCUT2D eigenvalue weighted by atomic mass is 10.2. The fraction of sp³-hybridized carbons (Fsp3) is 0.400. The minimum Gasteiger partial charge on any atom is -0.479 e. The van der Waals surface area contributed by atoms with Crippen LogP contribution in [0.15, 0.2) is 12.3 Å². The van der Waals surface area contributed by atoms with Crippen LogP contribution in [-0.4, -0.2) is 40.7 Å². The Morgan fingerprint density at radius 2 is 2.24 bits per heavy atom. The van der Waals surface area contributed by atoms with Crippen LogP contribution in [0.25, 0.3) is 0 Å². The molecule has 0 saturated carbocycles. The maximum absolute atomic E-state index is 12.5. The number of pyridine rings is 1. The van der Waals surface area contributed by atoms with Crippen molar-refractivity contribution in [2.45, 2.75) is 12.3 Å². The van der Waals surface area contributed by atoms with E-state index in [9.17, 15) is 28.1 Å². The first-order valence-corrected chi connectivity index (χ1v) is 5.38. The fourth-order valence-electron chi connectivity index (χ4n) is 1.36. The molecule has 0 amide bonds. The third kappa shape index (κ3) is 4.27. The number of nitrogens with zero attached hydrogens (tertiary/aromatic N) is 2. The van der Waals surface area contributed by atoms with Crippen molar-refractivity contribution < 1.29 is 32.7 Å². The van der Waals surface area contributed by atoms with Gasteiger partial charge in [-0.1, -0.05) is 0 Å². The summed E-state index contributed by atoms with van der Waals surface area (Å²) in [6, 6.07) is 0.437. The Bertz CT molecular complexity index is 549. The Morgan fingerprint density at radius 1 is 1.62 bits per heavy atom. The summed E-state index contributed by atoms with van der Waals surface area (Å²) in [4.78, 5) is 23.5. The Labute approximate surface area is 115 Å². The number of anilines is 1. The first kappa shape index (κ1) is 16.6. The maximum atomic E-state index is 12.5. The van der Waals surface area contributed by atoms with Crippen LogP contribution in [0.5, 0.6) is 0 Å². The second-order valence-electron chi connectivity index (χ2n) is 3.79. The normalized spacial score (nSPS) is 12.8. The minimum absolute atomic E-state index is 0.437. The molecular weight excluding hydrogens is 299 g/mol. The summed E-state index contributed by atoms with van der Waals surface area (Å²) in [6.45, 7) is -0.450. The van der Waals surface area contributed by atoms with Gasteiger partial charge in [-0.15, -0.1) is 0 Å². The van der Waals surface area contributed by atoms with Gasteiger partial charge in [-0.3, -0.25) is 10.1 Å². The highest BCUT2D eigenvalue weighted by Crippen LogP contribution is 2.32. The van der Waals surface area contributed by atoms with Crippen LogP contribution in [0.4, 0.5) is 24.5 Å². The fourth-order valence-corrected chi connectivity index (χ4v) is 1.36. The molecule has 0 saturated heterocycles. The Kier molecular flexibility index (Phi) is 5.02. The molecule has 1 heterocycles. The van der Waals surface area contributed by atoms with Crippen LogP contribution < -0.4 is 5.32 Å². The topological polar surface area (TPSA) is 115 Å². The minimum atomic E-state index is -4.78. The van der Waals surface area contributed by atoms with Gasteiger partial charge in [-0.25, -0.2) is 9.78 Å². The standard InChI is InChI=1S/C10H10F3N3O5/c1-21-7(9(17)18)4-14-5-2-8(10(11,12)13)15-3-6(5)16(19)20/h2-3,7H,4H2,1H3,(H,14,15)(H,17,18). The zero-order valence-electron chi connectivity index (χ0n) is 10.5. The molecule has 0 spiro atoms. The Balaban J connectivity index is 3.07. The third-order valence-corrected chi connectivity index (χ3v) is 2.41. The van der Waals surface area contributed by atoms with Gasteiger partial charge in [0, 0.05) is 7.11 Å². The van der Waals surface area contributed by atoms with E-state index >= 15 is 0 Å². The van der Waals surface area contributed by atoms with E-state index in [1.807, 2.05) is 0 Å². The number of carboxylic acids is 1. The van der Waals surface area contributed by atoms with E-state index < -0.39 is 46.8 Å². The van der Waals surface area contributed by atoms with E-state index in [4.69, 9.17) is 5.11 Å². The molecule has 1 atom stereocenters.